The molecule has 2 unspecified atom stereocenters. The molecule has 1 aromatic heterocycles. The van der Waals surface area contributed by atoms with E-state index in [9.17, 15) is 9.18 Å². The highest BCUT2D eigenvalue weighted by molar-refractivity contribution is 8.00. The molecular weight excluding hydrogens is 297 g/mol. The predicted octanol–water partition coefficient (Wildman–Crippen LogP) is 2.31. The van der Waals surface area contributed by atoms with Crippen molar-refractivity contribution >= 4 is 17.7 Å². The van der Waals surface area contributed by atoms with Gasteiger partial charge in [-0.2, -0.15) is 0 Å². The lowest BCUT2D eigenvalue weighted by molar-refractivity contribution is -0.117. The smallest absolute Gasteiger partial charge is 0.277 e. The number of aromatic nitrogens is 2. The van der Waals surface area contributed by atoms with Crippen LogP contribution >= 0.6 is 11.8 Å². The van der Waals surface area contributed by atoms with Crippen molar-refractivity contribution < 1.29 is 18.3 Å². The van der Waals surface area contributed by atoms with Crippen molar-refractivity contribution in [2.45, 2.75) is 30.4 Å². The number of amides is 1. The molecular formula is C13H14FN3O3S. The van der Waals surface area contributed by atoms with Crippen LogP contribution < -0.4 is 10.5 Å². The highest BCUT2D eigenvalue weighted by Gasteiger charge is 2.20. The number of carbonyl (C=O) groups is 1. The molecule has 1 amide bonds. The average molecular weight is 311 g/mol. The third-order valence-electron chi connectivity index (χ3n) is 2.59. The van der Waals surface area contributed by atoms with Crippen molar-refractivity contribution in [2.75, 3.05) is 0 Å². The largest absolute Gasteiger partial charge is 0.478 e. The minimum atomic E-state index is -0.618. The molecule has 6 nitrogen and oxygen atoms in total. The summed E-state index contributed by atoms with van der Waals surface area (Å²) in [4.78, 5) is 11.0. The standard InChI is InChI=1S/C13H14FN3O3S/c1-7(19-10-6-4-3-5-9(10)14)12-16-17-13(20-12)21-8(2)11(15)18/h3-8H,1-2H3,(H2,15,18). The monoisotopic (exact) mass is 311 g/mol. The molecule has 2 atom stereocenters. The van der Waals surface area contributed by atoms with E-state index in [4.69, 9.17) is 14.9 Å². The molecule has 8 heteroatoms. The van der Waals surface area contributed by atoms with Crippen molar-refractivity contribution in [1.29, 1.82) is 0 Å². The number of hydrogen-bond donors (Lipinski definition) is 1. The zero-order chi connectivity index (χ0) is 15.4. The van der Waals surface area contributed by atoms with Crippen LogP contribution in [0.1, 0.15) is 25.8 Å². The van der Waals surface area contributed by atoms with E-state index in [1.165, 1.54) is 12.1 Å². The lowest BCUT2D eigenvalue weighted by Gasteiger charge is -2.11. The molecule has 0 spiro atoms. The summed E-state index contributed by atoms with van der Waals surface area (Å²) in [5.74, 6) is -0.656. The molecule has 0 aliphatic rings. The number of rotatable bonds is 6. The number of halogens is 1. The number of carbonyl (C=O) groups excluding carboxylic acids is 1. The molecule has 0 bridgehead atoms. The Morgan fingerprint density at radius 2 is 2.10 bits per heavy atom. The van der Waals surface area contributed by atoms with E-state index in [1.54, 1.807) is 26.0 Å². The Balaban J connectivity index is 2.04. The Bertz CT molecular complexity index is 635. The van der Waals surface area contributed by atoms with Crippen LogP contribution in [0.3, 0.4) is 0 Å². The fourth-order valence-corrected chi connectivity index (χ4v) is 2.06. The second-order valence-electron chi connectivity index (χ2n) is 4.26. The molecule has 2 rings (SSSR count). The fraction of sp³-hybridized carbons (Fsp3) is 0.308. The first-order chi connectivity index (χ1) is 9.97. The van der Waals surface area contributed by atoms with Crippen molar-refractivity contribution in [1.82, 2.24) is 10.2 Å². The number of thioether (sulfide) groups is 1. The first kappa shape index (κ1) is 15.3. The molecule has 0 aliphatic carbocycles. The van der Waals surface area contributed by atoms with Gasteiger partial charge < -0.3 is 14.9 Å². The number of nitrogens with zero attached hydrogens (tertiary/aromatic N) is 2. The van der Waals surface area contributed by atoms with Crippen molar-refractivity contribution in [3.63, 3.8) is 0 Å². The molecule has 2 N–H and O–H groups in total. The molecule has 0 fully saturated rings. The molecule has 1 heterocycles. The number of primary amides is 1. The van der Waals surface area contributed by atoms with E-state index >= 15 is 0 Å². The maximum absolute atomic E-state index is 13.5. The Kier molecular flexibility index (Phi) is 4.79. The van der Waals surface area contributed by atoms with E-state index in [0.717, 1.165) is 11.8 Å². The summed E-state index contributed by atoms with van der Waals surface area (Å²) < 4.78 is 24.3. The van der Waals surface area contributed by atoms with Crippen LogP contribution in [-0.2, 0) is 4.79 Å². The molecule has 112 valence electrons. The fourth-order valence-electron chi connectivity index (χ4n) is 1.42. The van der Waals surface area contributed by atoms with Gasteiger partial charge in [0.1, 0.15) is 0 Å². The van der Waals surface area contributed by atoms with Gasteiger partial charge in [-0.25, -0.2) is 4.39 Å². The van der Waals surface area contributed by atoms with Gasteiger partial charge in [0, 0.05) is 0 Å². The van der Waals surface area contributed by atoms with Gasteiger partial charge in [0.05, 0.1) is 5.25 Å². The Hall–Kier alpha value is -2.09. The van der Waals surface area contributed by atoms with Gasteiger partial charge in [0.2, 0.25) is 5.91 Å². The number of benzene rings is 1. The van der Waals surface area contributed by atoms with E-state index in [1.807, 2.05) is 0 Å². The lowest BCUT2D eigenvalue weighted by Crippen LogP contribution is -2.22. The minimum Gasteiger partial charge on any atom is -0.478 e. The molecule has 2 aromatic rings. The highest BCUT2D eigenvalue weighted by atomic mass is 32.2. The highest BCUT2D eigenvalue weighted by Crippen LogP contribution is 2.27. The zero-order valence-corrected chi connectivity index (χ0v) is 12.3. The van der Waals surface area contributed by atoms with Crippen LogP contribution in [0.2, 0.25) is 0 Å². The molecule has 1 aromatic carbocycles. The Labute approximate surface area is 124 Å². The predicted molar refractivity (Wildman–Crippen MR) is 74.3 cm³/mol. The summed E-state index contributed by atoms with van der Waals surface area (Å²) in [7, 11) is 0. The van der Waals surface area contributed by atoms with Gasteiger partial charge in [-0.1, -0.05) is 23.9 Å². The molecule has 21 heavy (non-hydrogen) atoms. The third kappa shape index (κ3) is 3.94. The Morgan fingerprint density at radius 1 is 1.38 bits per heavy atom. The van der Waals surface area contributed by atoms with E-state index < -0.39 is 23.1 Å². The average Bonchev–Trinajstić information content (AvgIpc) is 2.89. The summed E-state index contributed by atoms with van der Waals surface area (Å²) in [6, 6.07) is 6.03. The van der Waals surface area contributed by atoms with Crippen LogP contribution in [-0.4, -0.2) is 21.4 Å². The molecule has 0 aliphatic heterocycles. The first-order valence-electron chi connectivity index (χ1n) is 6.18. The van der Waals surface area contributed by atoms with E-state index in [2.05, 4.69) is 10.2 Å². The molecule has 0 radical (unpaired) electrons. The number of para-hydroxylation sites is 1. The maximum Gasteiger partial charge on any atom is 0.277 e. The number of hydrogen-bond acceptors (Lipinski definition) is 6. The summed E-state index contributed by atoms with van der Waals surface area (Å²) in [6.45, 7) is 3.29. The van der Waals surface area contributed by atoms with Gasteiger partial charge >= 0.3 is 0 Å². The van der Waals surface area contributed by atoms with Gasteiger partial charge in [0.25, 0.3) is 11.1 Å². The second kappa shape index (κ2) is 6.57. The second-order valence-corrected chi connectivity index (χ2v) is 5.55. The number of nitrogens with two attached hydrogens (primary N) is 1. The van der Waals surface area contributed by atoms with Crippen LogP contribution in [0, 0.1) is 5.82 Å². The molecule has 0 saturated carbocycles. The summed E-state index contributed by atoms with van der Waals surface area (Å²) in [5.41, 5.74) is 5.15. The van der Waals surface area contributed by atoms with Crippen LogP contribution in [0.4, 0.5) is 4.39 Å². The summed E-state index contributed by atoms with van der Waals surface area (Å²) >= 11 is 1.05. The van der Waals surface area contributed by atoms with Crippen LogP contribution in [0.5, 0.6) is 5.75 Å². The summed E-state index contributed by atoms with van der Waals surface area (Å²) in [6.07, 6.45) is -0.618. The maximum atomic E-state index is 13.5. The van der Waals surface area contributed by atoms with Gasteiger partial charge in [-0.15, -0.1) is 10.2 Å². The minimum absolute atomic E-state index is 0.0999. The normalized spacial score (nSPS) is 13.7. The van der Waals surface area contributed by atoms with E-state index in [0.29, 0.717) is 0 Å². The van der Waals surface area contributed by atoms with Gasteiger partial charge in [0.15, 0.2) is 17.7 Å². The summed E-state index contributed by atoms with van der Waals surface area (Å²) in [5, 5.41) is 7.33. The van der Waals surface area contributed by atoms with Crippen molar-refractivity contribution in [3.8, 4) is 5.75 Å². The van der Waals surface area contributed by atoms with Crippen LogP contribution in [0.25, 0.3) is 0 Å². The van der Waals surface area contributed by atoms with Crippen molar-refractivity contribution in [2.24, 2.45) is 5.73 Å². The van der Waals surface area contributed by atoms with Crippen LogP contribution in [0.15, 0.2) is 33.9 Å². The molecule has 0 saturated heterocycles. The Morgan fingerprint density at radius 3 is 2.76 bits per heavy atom. The zero-order valence-electron chi connectivity index (χ0n) is 11.4. The third-order valence-corrected chi connectivity index (χ3v) is 3.54. The quantitative estimate of drug-likeness (QED) is 0.823. The SMILES string of the molecule is CC(Sc1nnc(C(C)Oc2ccccc2F)o1)C(N)=O. The van der Waals surface area contributed by atoms with Crippen molar-refractivity contribution in [3.05, 3.63) is 36.0 Å². The topological polar surface area (TPSA) is 91.2 Å². The van der Waals surface area contributed by atoms with E-state index in [-0.39, 0.29) is 16.9 Å². The van der Waals surface area contributed by atoms with Gasteiger partial charge in [-0.05, 0) is 26.0 Å². The van der Waals surface area contributed by atoms with Gasteiger partial charge in [-0.3, -0.25) is 4.79 Å². The lowest BCUT2D eigenvalue weighted by atomic mass is 10.3. The first-order valence-corrected chi connectivity index (χ1v) is 7.06. The number of ether oxygens (including phenoxy) is 1.